The Morgan fingerprint density at radius 1 is 1.61 bits per heavy atom. The highest BCUT2D eigenvalue weighted by molar-refractivity contribution is 7.99. The second-order valence-corrected chi connectivity index (χ2v) is 5.89. The number of hydrogen-bond donors (Lipinski definition) is 2. The van der Waals surface area contributed by atoms with Gasteiger partial charge in [-0.05, 0) is 37.9 Å². The van der Waals surface area contributed by atoms with Crippen LogP contribution in [0.2, 0.25) is 0 Å². The summed E-state index contributed by atoms with van der Waals surface area (Å²) < 4.78 is 5.36. The molecule has 0 saturated heterocycles. The van der Waals surface area contributed by atoms with E-state index >= 15 is 0 Å². The van der Waals surface area contributed by atoms with Crippen molar-refractivity contribution < 1.29 is 19.4 Å². The smallest absolute Gasteiger partial charge is 0.326 e. The van der Waals surface area contributed by atoms with Crippen LogP contribution in [0.1, 0.15) is 32.1 Å². The fraction of sp³-hybridized carbons (Fsp3) is 0.833. The molecule has 0 spiro atoms. The van der Waals surface area contributed by atoms with Gasteiger partial charge in [0, 0.05) is 12.4 Å². The van der Waals surface area contributed by atoms with Crippen LogP contribution in [-0.4, -0.2) is 47.7 Å². The van der Waals surface area contributed by atoms with Crippen molar-refractivity contribution in [1.82, 2.24) is 5.32 Å². The van der Waals surface area contributed by atoms with Crippen LogP contribution in [0.4, 0.5) is 0 Å². The molecule has 1 rings (SSSR count). The number of aliphatic carboxylic acids is 1. The average molecular weight is 275 g/mol. The Balaban J connectivity index is 2.23. The highest BCUT2D eigenvalue weighted by Crippen LogP contribution is 2.30. The number of hydrogen-bond acceptors (Lipinski definition) is 4. The van der Waals surface area contributed by atoms with E-state index in [1.165, 1.54) is 12.8 Å². The van der Waals surface area contributed by atoms with Crippen molar-refractivity contribution in [3.05, 3.63) is 0 Å². The summed E-state index contributed by atoms with van der Waals surface area (Å²) in [5, 5.41) is 11.7. The molecule has 2 N–H and O–H groups in total. The van der Waals surface area contributed by atoms with E-state index < -0.39 is 12.0 Å². The van der Waals surface area contributed by atoms with Crippen molar-refractivity contribution in [2.45, 2.75) is 49.5 Å². The first-order chi connectivity index (χ1) is 8.67. The molecule has 18 heavy (non-hydrogen) atoms. The van der Waals surface area contributed by atoms with Crippen LogP contribution < -0.4 is 5.32 Å². The molecular weight excluding hydrogens is 254 g/mol. The van der Waals surface area contributed by atoms with Crippen molar-refractivity contribution in [1.29, 1.82) is 0 Å². The predicted molar refractivity (Wildman–Crippen MR) is 70.8 cm³/mol. The summed E-state index contributed by atoms with van der Waals surface area (Å²) in [4.78, 5) is 21.1. The molecule has 1 aliphatic rings. The van der Waals surface area contributed by atoms with Gasteiger partial charge in [-0.1, -0.05) is 0 Å². The highest BCUT2D eigenvalue weighted by atomic mass is 32.2. The maximum Gasteiger partial charge on any atom is 0.326 e. The van der Waals surface area contributed by atoms with Gasteiger partial charge < -0.3 is 15.2 Å². The summed E-state index contributed by atoms with van der Waals surface area (Å²) in [5.74, 6) is -0.222. The van der Waals surface area contributed by atoms with Crippen LogP contribution in [0.5, 0.6) is 0 Å². The minimum absolute atomic E-state index is 0.347. The lowest BCUT2D eigenvalue weighted by molar-refractivity contribution is -0.140. The van der Waals surface area contributed by atoms with Crippen molar-refractivity contribution in [3.63, 3.8) is 0 Å². The number of amides is 1. The molecule has 0 bridgehead atoms. The van der Waals surface area contributed by atoms with E-state index in [4.69, 9.17) is 9.84 Å². The van der Waals surface area contributed by atoms with E-state index in [-0.39, 0.29) is 0 Å². The third-order valence-corrected chi connectivity index (χ3v) is 4.61. The van der Waals surface area contributed by atoms with Gasteiger partial charge >= 0.3 is 5.97 Å². The molecule has 104 valence electrons. The average Bonchev–Trinajstić information content (AvgIpc) is 2.38. The van der Waals surface area contributed by atoms with Gasteiger partial charge in [0.15, 0.2) is 0 Å². The molecule has 0 aliphatic heterocycles. The predicted octanol–water partition coefficient (Wildman–Crippen LogP) is 1.27. The summed E-state index contributed by atoms with van der Waals surface area (Å²) in [6.07, 6.45) is 5.77. The lowest BCUT2D eigenvalue weighted by Gasteiger charge is -2.28. The second-order valence-electron chi connectivity index (χ2n) is 4.48. The largest absolute Gasteiger partial charge is 0.480 e. The number of methoxy groups -OCH3 is 1. The molecule has 0 heterocycles. The van der Waals surface area contributed by atoms with Gasteiger partial charge in [0.25, 0.3) is 0 Å². The number of rotatable bonds is 8. The Morgan fingerprint density at radius 2 is 2.39 bits per heavy atom. The SMILES string of the molecule is COC1CCCC(SCCC(NC=O)C(=O)O)C1. The summed E-state index contributed by atoms with van der Waals surface area (Å²) in [7, 11) is 1.74. The number of carbonyl (C=O) groups excluding carboxylic acids is 1. The van der Waals surface area contributed by atoms with E-state index in [0.29, 0.717) is 24.2 Å². The fourth-order valence-electron chi connectivity index (χ4n) is 2.18. The molecular formula is C12H21NO4S. The summed E-state index contributed by atoms with van der Waals surface area (Å²) in [6, 6.07) is -0.767. The maximum absolute atomic E-state index is 10.8. The third-order valence-electron chi connectivity index (χ3n) is 3.24. The molecule has 1 fully saturated rings. The van der Waals surface area contributed by atoms with Gasteiger partial charge in [-0.15, -0.1) is 0 Å². The Hall–Kier alpha value is -0.750. The molecule has 1 amide bonds. The molecule has 1 saturated carbocycles. The zero-order chi connectivity index (χ0) is 13.4. The Bertz CT molecular complexity index is 275. The molecule has 0 aromatic heterocycles. The Morgan fingerprint density at radius 3 is 3.00 bits per heavy atom. The minimum Gasteiger partial charge on any atom is -0.480 e. The van der Waals surface area contributed by atoms with Crippen LogP contribution in [-0.2, 0) is 14.3 Å². The topological polar surface area (TPSA) is 75.6 Å². The van der Waals surface area contributed by atoms with E-state index in [0.717, 1.165) is 18.6 Å². The van der Waals surface area contributed by atoms with Crippen LogP contribution in [0.3, 0.4) is 0 Å². The first-order valence-corrected chi connectivity index (χ1v) is 7.29. The van der Waals surface area contributed by atoms with Gasteiger partial charge in [0.2, 0.25) is 6.41 Å². The quantitative estimate of drug-likeness (QED) is 0.652. The van der Waals surface area contributed by atoms with Gasteiger partial charge in [-0.2, -0.15) is 11.8 Å². The van der Waals surface area contributed by atoms with E-state index in [2.05, 4.69) is 5.32 Å². The third kappa shape index (κ3) is 5.27. The first-order valence-electron chi connectivity index (χ1n) is 6.24. The number of nitrogens with one attached hydrogen (secondary N) is 1. The number of carboxylic acids is 1. The monoisotopic (exact) mass is 275 g/mol. The van der Waals surface area contributed by atoms with Crippen molar-refractivity contribution in [2.75, 3.05) is 12.9 Å². The van der Waals surface area contributed by atoms with E-state index in [1.807, 2.05) is 0 Å². The maximum atomic E-state index is 10.8. The molecule has 3 atom stereocenters. The van der Waals surface area contributed by atoms with Gasteiger partial charge in [0.05, 0.1) is 6.10 Å². The minimum atomic E-state index is -0.971. The highest BCUT2D eigenvalue weighted by Gasteiger charge is 2.23. The molecule has 5 nitrogen and oxygen atoms in total. The molecule has 0 radical (unpaired) electrons. The number of ether oxygens (including phenoxy) is 1. The molecule has 3 unspecified atom stereocenters. The zero-order valence-electron chi connectivity index (χ0n) is 10.6. The van der Waals surface area contributed by atoms with E-state index in [9.17, 15) is 9.59 Å². The van der Waals surface area contributed by atoms with Gasteiger partial charge in [-0.25, -0.2) is 4.79 Å². The van der Waals surface area contributed by atoms with Crippen molar-refractivity contribution in [3.8, 4) is 0 Å². The lowest BCUT2D eigenvalue weighted by Crippen LogP contribution is -2.36. The first kappa shape index (κ1) is 15.3. The van der Waals surface area contributed by atoms with Crippen LogP contribution in [0.25, 0.3) is 0 Å². The summed E-state index contributed by atoms with van der Waals surface area (Å²) in [5.41, 5.74) is 0. The second kappa shape index (κ2) is 8.37. The summed E-state index contributed by atoms with van der Waals surface area (Å²) in [6.45, 7) is 0. The van der Waals surface area contributed by atoms with Crippen LogP contribution in [0, 0.1) is 0 Å². The molecule has 0 aromatic carbocycles. The zero-order valence-corrected chi connectivity index (χ0v) is 11.4. The molecule has 6 heteroatoms. The number of carbonyl (C=O) groups is 2. The van der Waals surface area contributed by atoms with E-state index in [1.54, 1.807) is 18.9 Å². The number of thioether (sulfide) groups is 1. The van der Waals surface area contributed by atoms with Gasteiger partial charge in [0.1, 0.15) is 6.04 Å². The lowest BCUT2D eigenvalue weighted by atomic mass is 9.97. The standard InChI is InChI=1S/C12H21NO4S/c1-17-9-3-2-4-10(7-9)18-6-5-11(12(15)16)13-8-14/h8-11H,2-7H2,1H3,(H,13,14)(H,15,16). The molecule has 1 aliphatic carbocycles. The number of carboxylic acid groups (broad SMARTS) is 1. The van der Waals surface area contributed by atoms with Crippen molar-refractivity contribution in [2.24, 2.45) is 0 Å². The fourth-order valence-corrected chi connectivity index (χ4v) is 3.57. The van der Waals surface area contributed by atoms with Gasteiger partial charge in [-0.3, -0.25) is 4.79 Å². The summed E-state index contributed by atoms with van der Waals surface area (Å²) >= 11 is 1.79. The molecule has 0 aromatic rings. The van der Waals surface area contributed by atoms with Crippen LogP contribution >= 0.6 is 11.8 Å². The van der Waals surface area contributed by atoms with Crippen molar-refractivity contribution >= 4 is 24.1 Å². The Labute approximate surface area is 112 Å². The van der Waals surface area contributed by atoms with Crippen LogP contribution in [0.15, 0.2) is 0 Å². The Kier molecular flexibility index (Phi) is 7.12. The normalized spacial score (nSPS) is 25.4.